The molecule has 1 aromatic heterocycles. The summed E-state index contributed by atoms with van der Waals surface area (Å²) in [5.41, 5.74) is 3.44. The molecule has 5 nitrogen and oxygen atoms in total. The van der Waals surface area contributed by atoms with Gasteiger partial charge in [-0.1, -0.05) is 24.3 Å². The third-order valence-corrected chi connectivity index (χ3v) is 3.76. The molecule has 1 aromatic carbocycles. The van der Waals surface area contributed by atoms with Crippen LogP contribution >= 0.6 is 0 Å². The lowest BCUT2D eigenvalue weighted by Gasteiger charge is -2.20. The van der Waals surface area contributed by atoms with E-state index in [2.05, 4.69) is 39.1 Å². The van der Waals surface area contributed by atoms with Gasteiger partial charge in [0.25, 0.3) is 0 Å². The molecule has 0 spiro atoms. The number of aromatic nitrogens is 2. The van der Waals surface area contributed by atoms with Crippen LogP contribution in [0.1, 0.15) is 27.3 Å². The molecule has 0 aliphatic carbocycles. The number of aryl methyl sites for hydroxylation is 1. The maximum atomic E-state index is 11.1. The van der Waals surface area contributed by atoms with Crippen LogP contribution < -0.4 is 4.90 Å². The third kappa shape index (κ3) is 2.86. The van der Waals surface area contributed by atoms with Crippen molar-refractivity contribution in [3.8, 4) is 0 Å². The van der Waals surface area contributed by atoms with Crippen molar-refractivity contribution >= 4 is 11.9 Å². The number of rotatable bonds is 2. The molecule has 0 atom stereocenters. The van der Waals surface area contributed by atoms with Gasteiger partial charge in [-0.15, -0.1) is 0 Å². The van der Waals surface area contributed by atoms with E-state index in [1.54, 1.807) is 6.92 Å². The fourth-order valence-corrected chi connectivity index (χ4v) is 2.67. The van der Waals surface area contributed by atoms with Crippen LogP contribution in [-0.2, 0) is 12.8 Å². The molecule has 108 valence electrons. The maximum absolute atomic E-state index is 11.1. The molecule has 0 unspecified atom stereocenters. The first kappa shape index (κ1) is 13.5. The second kappa shape index (κ2) is 5.52. The Hall–Kier alpha value is -2.43. The van der Waals surface area contributed by atoms with E-state index in [9.17, 15) is 4.79 Å². The Morgan fingerprint density at radius 1 is 1.14 bits per heavy atom. The molecule has 0 saturated carbocycles. The number of anilines is 1. The topological polar surface area (TPSA) is 66.3 Å². The van der Waals surface area contributed by atoms with Gasteiger partial charge in [0, 0.05) is 18.8 Å². The van der Waals surface area contributed by atoms with Gasteiger partial charge in [0.2, 0.25) is 5.95 Å². The molecule has 5 heteroatoms. The van der Waals surface area contributed by atoms with E-state index < -0.39 is 5.97 Å². The van der Waals surface area contributed by atoms with Crippen molar-refractivity contribution in [2.45, 2.75) is 19.8 Å². The zero-order chi connectivity index (χ0) is 14.8. The molecule has 0 fully saturated rings. The fraction of sp³-hybridized carbons (Fsp3) is 0.312. The highest BCUT2D eigenvalue weighted by molar-refractivity contribution is 5.85. The molecular formula is C16H17N3O2. The third-order valence-electron chi connectivity index (χ3n) is 3.76. The number of fused-ring (bicyclic) bond motifs is 1. The standard InChI is InChI=1S/C16H17N3O2/c1-11-10-14(15(20)21)18-16(17-11)19-8-6-12-4-2-3-5-13(12)7-9-19/h2-5,10H,6-9H2,1H3,(H,20,21). The molecule has 1 aliphatic heterocycles. The first-order valence-electron chi connectivity index (χ1n) is 7.04. The Labute approximate surface area is 123 Å². The maximum Gasteiger partial charge on any atom is 0.354 e. The number of carbonyl (C=O) groups is 1. The van der Waals surface area contributed by atoms with Gasteiger partial charge in [-0.3, -0.25) is 0 Å². The van der Waals surface area contributed by atoms with E-state index in [0.29, 0.717) is 11.6 Å². The predicted octanol–water partition coefficient (Wildman–Crippen LogP) is 2.09. The minimum absolute atomic E-state index is 0.0549. The van der Waals surface area contributed by atoms with E-state index in [1.807, 2.05) is 0 Å². The summed E-state index contributed by atoms with van der Waals surface area (Å²) in [6.07, 6.45) is 1.85. The van der Waals surface area contributed by atoms with Crippen molar-refractivity contribution in [2.24, 2.45) is 0 Å². The highest BCUT2D eigenvalue weighted by Gasteiger charge is 2.18. The lowest BCUT2D eigenvalue weighted by molar-refractivity contribution is 0.0690. The molecular weight excluding hydrogens is 266 g/mol. The van der Waals surface area contributed by atoms with E-state index in [0.717, 1.165) is 25.9 Å². The van der Waals surface area contributed by atoms with E-state index in [-0.39, 0.29) is 5.69 Å². The van der Waals surface area contributed by atoms with Crippen LogP contribution in [0.4, 0.5) is 5.95 Å². The van der Waals surface area contributed by atoms with Crippen LogP contribution in [0, 0.1) is 6.92 Å². The van der Waals surface area contributed by atoms with Crippen LogP contribution in [0.15, 0.2) is 30.3 Å². The monoisotopic (exact) mass is 283 g/mol. The average molecular weight is 283 g/mol. The number of carboxylic acids is 1. The number of hydrogen-bond acceptors (Lipinski definition) is 4. The summed E-state index contributed by atoms with van der Waals surface area (Å²) in [6.45, 7) is 3.41. The fourth-order valence-electron chi connectivity index (χ4n) is 2.67. The van der Waals surface area contributed by atoms with Crippen molar-refractivity contribution in [2.75, 3.05) is 18.0 Å². The van der Waals surface area contributed by atoms with Crippen LogP contribution in [0.3, 0.4) is 0 Å². The SMILES string of the molecule is Cc1cc(C(=O)O)nc(N2CCc3ccccc3CC2)n1. The smallest absolute Gasteiger partial charge is 0.354 e. The quantitative estimate of drug-likeness (QED) is 0.914. The lowest BCUT2D eigenvalue weighted by Crippen LogP contribution is -2.28. The summed E-state index contributed by atoms with van der Waals surface area (Å²) in [5, 5.41) is 9.12. The Kier molecular flexibility index (Phi) is 3.56. The van der Waals surface area contributed by atoms with Gasteiger partial charge < -0.3 is 10.0 Å². The van der Waals surface area contributed by atoms with Gasteiger partial charge in [0.1, 0.15) is 0 Å². The van der Waals surface area contributed by atoms with E-state index in [1.165, 1.54) is 17.2 Å². The largest absolute Gasteiger partial charge is 0.477 e. The number of nitrogens with zero attached hydrogens (tertiary/aromatic N) is 3. The predicted molar refractivity (Wildman–Crippen MR) is 79.8 cm³/mol. The number of hydrogen-bond donors (Lipinski definition) is 1. The molecule has 1 N–H and O–H groups in total. The summed E-state index contributed by atoms with van der Waals surface area (Å²) in [6, 6.07) is 9.91. The van der Waals surface area contributed by atoms with Gasteiger partial charge in [-0.25, -0.2) is 14.8 Å². The first-order valence-corrected chi connectivity index (χ1v) is 7.04. The van der Waals surface area contributed by atoms with Gasteiger partial charge in [-0.05, 0) is 37.0 Å². The Bertz CT molecular complexity index is 658. The summed E-state index contributed by atoms with van der Waals surface area (Å²) < 4.78 is 0. The number of aromatic carboxylic acids is 1. The summed E-state index contributed by atoms with van der Waals surface area (Å²) in [4.78, 5) is 21.8. The second-order valence-electron chi connectivity index (χ2n) is 5.26. The Balaban J connectivity index is 1.87. The van der Waals surface area contributed by atoms with E-state index >= 15 is 0 Å². The molecule has 0 saturated heterocycles. The van der Waals surface area contributed by atoms with Crippen LogP contribution in [-0.4, -0.2) is 34.1 Å². The molecule has 0 bridgehead atoms. The number of carboxylic acid groups (broad SMARTS) is 1. The minimum Gasteiger partial charge on any atom is -0.477 e. The normalized spacial score (nSPS) is 14.4. The molecule has 2 heterocycles. The average Bonchev–Trinajstić information content (AvgIpc) is 2.69. The Morgan fingerprint density at radius 3 is 2.33 bits per heavy atom. The highest BCUT2D eigenvalue weighted by atomic mass is 16.4. The zero-order valence-electron chi connectivity index (χ0n) is 11.9. The molecule has 21 heavy (non-hydrogen) atoms. The molecule has 0 radical (unpaired) electrons. The van der Waals surface area contributed by atoms with Gasteiger partial charge in [0.15, 0.2) is 5.69 Å². The summed E-state index contributed by atoms with van der Waals surface area (Å²) >= 11 is 0. The molecule has 0 amide bonds. The van der Waals surface area contributed by atoms with Crippen LogP contribution in [0.5, 0.6) is 0 Å². The lowest BCUT2D eigenvalue weighted by atomic mass is 10.0. The highest BCUT2D eigenvalue weighted by Crippen LogP contribution is 2.19. The zero-order valence-corrected chi connectivity index (χ0v) is 11.9. The van der Waals surface area contributed by atoms with Gasteiger partial charge in [0.05, 0.1) is 0 Å². The van der Waals surface area contributed by atoms with Crippen LogP contribution in [0.2, 0.25) is 0 Å². The van der Waals surface area contributed by atoms with Crippen LogP contribution in [0.25, 0.3) is 0 Å². The van der Waals surface area contributed by atoms with Crippen molar-refractivity contribution in [3.05, 3.63) is 52.8 Å². The van der Waals surface area contributed by atoms with Crippen molar-refractivity contribution in [1.29, 1.82) is 0 Å². The summed E-state index contributed by atoms with van der Waals surface area (Å²) in [7, 11) is 0. The minimum atomic E-state index is -1.01. The van der Waals surface area contributed by atoms with E-state index in [4.69, 9.17) is 5.11 Å². The molecule has 3 rings (SSSR count). The van der Waals surface area contributed by atoms with Gasteiger partial charge in [-0.2, -0.15) is 0 Å². The van der Waals surface area contributed by atoms with Crippen molar-refractivity contribution in [3.63, 3.8) is 0 Å². The van der Waals surface area contributed by atoms with Crippen molar-refractivity contribution in [1.82, 2.24) is 9.97 Å². The number of benzene rings is 1. The summed E-state index contributed by atoms with van der Waals surface area (Å²) in [5.74, 6) is -0.500. The second-order valence-corrected chi connectivity index (χ2v) is 5.26. The molecule has 1 aliphatic rings. The van der Waals surface area contributed by atoms with Gasteiger partial charge >= 0.3 is 5.97 Å². The Morgan fingerprint density at radius 2 is 1.76 bits per heavy atom. The molecule has 2 aromatic rings. The first-order chi connectivity index (χ1) is 10.1. The van der Waals surface area contributed by atoms with Crippen molar-refractivity contribution < 1.29 is 9.90 Å².